The van der Waals surface area contributed by atoms with E-state index in [1.165, 1.54) is 33.0 Å². The molecule has 2 aromatic rings. The number of aryl methyl sites for hydroxylation is 1. The van der Waals surface area contributed by atoms with E-state index in [1.807, 2.05) is 0 Å². The van der Waals surface area contributed by atoms with Gasteiger partial charge in [0.15, 0.2) is 11.9 Å². The molecule has 0 amide bonds. The molecule has 0 aliphatic heterocycles. The van der Waals surface area contributed by atoms with Crippen LogP contribution in [0.2, 0.25) is 5.02 Å². The van der Waals surface area contributed by atoms with E-state index < -0.39 is 27.9 Å². The zero-order chi connectivity index (χ0) is 22.1. The second kappa shape index (κ2) is 8.48. The summed E-state index contributed by atoms with van der Waals surface area (Å²) < 4.78 is 31.2. The summed E-state index contributed by atoms with van der Waals surface area (Å²) in [6.07, 6.45) is -1.19. The monoisotopic (exact) mass is 440 g/mol. The summed E-state index contributed by atoms with van der Waals surface area (Å²) >= 11 is 6.00. The molecule has 1 heterocycles. The van der Waals surface area contributed by atoms with Gasteiger partial charge in [0, 0.05) is 11.3 Å². The molecule has 10 heteroatoms. The summed E-state index contributed by atoms with van der Waals surface area (Å²) in [6, 6.07) is 3.58. The van der Waals surface area contributed by atoms with Crippen molar-refractivity contribution in [3.05, 3.63) is 51.3 Å². The smallest absolute Gasteiger partial charge is 0.340 e. The first kappa shape index (κ1) is 22.8. The van der Waals surface area contributed by atoms with Gasteiger partial charge in [-0.2, -0.15) is 0 Å². The Balaban J connectivity index is 2.30. The summed E-state index contributed by atoms with van der Waals surface area (Å²) in [5.74, 6) is -1.66. The van der Waals surface area contributed by atoms with Crippen LogP contribution in [0.5, 0.6) is 0 Å². The van der Waals surface area contributed by atoms with Gasteiger partial charge in [-0.3, -0.25) is 9.59 Å². The molecule has 0 saturated heterocycles. The maximum absolute atomic E-state index is 12.7. The highest BCUT2D eigenvalue weighted by Crippen LogP contribution is 2.24. The fraction of sp³-hybridized carbons (Fsp3) is 0.316. The van der Waals surface area contributed by atoms with Crippen molar-refractivity contribution in [3.63, 3.8) is 0 Å². The molecule has 2 rings (SSSR count). The highest BCUT2D eigenvalue weighted by molar-refractivity contribution is 7.89. The van der Waals surface area contributed by atoms with Gasteiger partial charge in [-0.15, -0.1) is 0 Å². The summed E-state index contributed by atoms with van der Waals surface area (Å²) in [7, 11) is -2.56. The molecule has 0 bridgehead atoms. The minimum Gasteiger partial charge on any atom is -0.451 e. The number of aromatic nitrogens is 1. The zero-order valence-corrected chi connectivity index (χ0v) is 18.1. The number of H-pyrrole nitrogens is 1. The van der Waals surface area contributed by atoms with E-state index in [4.69, 9.17) is 16.3 Å². The van der Waals surface area contributed by atoms with Crippen LogP contribution in [-0.4, -0.2) is 44.1 Å². The lowest BCUT2D eigenvalue weighted by atomic mass is 10.0. The number of hydrogen-bond acceptors (Lipinski definition) is 6. The third-order valence-electron chi connectivity index (χ3n) is 4.43. The average molecular weight is 441 g/mol. The van der Waals surface area contributed by atoms with E-state index in [9.17, 15) is 22.8 Å². The fourth-order valence-corrected chi connectivity index (χ4v) is 3.90. The van der Waals surface area contributed by atoms with Crippen LogP contribution in [0.3, 0.4) is 0 Å². The highest BCUT2D eigenvalue weighted by Gasteiger charge is 2.27. The number of hydrogen-bond donors (Lipinski definition) is 2. The molecule has 1 aromatic carbocycles. The van der Waals surface area contributed by atoms with Gasteiger partial charge in [0.1, 0.15) is 0 Å². The molecule has 8 nitrogen and oxygen atoms in total. The lowest BCUT2D eigenvalue weighted by Gasteiger charge is -2.13. The van der Waals surface area contributed by atoms with Crippen LogP contribution in [0.15, 0.2) is 23.1 Å². The molecule has 1 atom stereocenters. The third-order valence-corrected chi connectivity index (χ3v) is 6.17. The van der Waals surface area contributed by atoms with Gasteiger partial charge in [-0.05, 0) is 58.5 Å². The number of nitrogens with one attached hydrogen (secondary N) is 2. The van der Waals surface area contributed by atoms with Crippen molar-refractivity contribution in [3.8, 4) is 0 Å². The Kier molecular flexibility index (Phi) is 6.67. The van der Waals surface area contributed by atoms with Crippen molar-refractivity contribution < 1.29 is 27.5 Å². The topological polar surface area (TPSA) is 122 Å². The number of esters is 1. The molecule has 156 valence electrons. The van der Waals surface area contributed by atoms with E-state index in [1.54, 1.807) is 13.8 Å². The largest absolute Gasteiger partial charge is 0.451 e. The first-order chi connectivity index (χ1) is 13.4. The van der Waals surface area contributed by atoms with Crippen molar-refractivity contribution in [2.24, 2.45) is 0 Å². The van der Waals surface area contributed by atoms with E-state index >= 15 is 0 Å². The zero-order valence-electron chi connectivity index (χ0n) is 16.5. The van der Waals surface area contributed by atoms with Crippen molar-refractivity contribution >= 4 is 39.2 Å². The lowest BCUT2D eigenvalue weighted by Crippen LogP contribution is -2.26. The summed E-state index contributed by atoms with van der Waals surface area (Å²) in [5, 5.41) is -0.0181. The Morgan fingerprint density at radius 2 is 1.83 bits per heavy atom. The van der Waals surface area contributed by atoms with Gasteiger partial charge in [-0.25, -0.2) is 17.9 Å². The van der Waals surface area contributed by atoms with E-state index in [0.717, 1.165) is 6.07 Å². The second-order valence-corrected chi connectivity index (χ2v) is 8.74. The quantitative estimate of drug-likeness (QED) is 0.504. The van der Waals surface area contributed by atoms with Crippen molar-refractivity contribution in [2.45, 2.75) is 38.7 Å². The molecule has 1 aromatic heterocycles. The molecule has 0 saturated carbocycles. The van der Waals surface area contributed by atoms with Crippen LogP contribution in [0.1, 0.15) is 56.3 Å². The molecule has 0 radical (unpaired) electrons. The molecule has 0 spiro atoms. The fourth-order valence-electron chi connectivity index (χ4n) is 2.95. The summed E-state index contributed by atoms with van der Waals surface area (Å²) in [5.41, 5.74) is 1.42. The average Bonchev–Trinajstić information content (AvgIpc) is 2.95. The summed E-state index contributed by atoms with van der Waals surface area (Å²) in [6.45, 7) is 6.08. The highest BCUT2D eigenvalue weighted by atomic mass is 35.5. The first-order valence-electron chi connectivity index (χ1n) is 8.59. The molecular formula is C19H21ClN2O6S. The van der Waals surface area contributed by atoms with Gasteiger partial charge >= 0.3 is 5.97 Å². The van der Waals surface area contributed by atoms with Crippen LogP contribution in [0, 0.1) is 13.8 Å². The number of ketones is 2. The Labute approximate surface area is 173 Å². The number of Topliss-reactive ketones (excluding diaryl/α,β-unsaturated/α-hetero) is 2. The number of rotatable bonds is 7. The molecule has 1 unspecified atom stereocenters. The van der Waals surface area contributed by atoms with Gasteiger partial charge in [0.25, 0.3) is 0 Å². The number of sulfonamides is 1. The van der Waals surface area contributed by atoms with Crippen LogP contribution >= 0.6 is 11.6 Å². The number of aromatic amines is 1. The molecular weight excluding hydrogens is 420 g/mol. The normalized spacial score (nSPS) is 12.5. The second-order valence-electron chi connectivity index (χ2n) is 6.44. The number of ether oxygens (including phenoxy) is 1. The summed E-state index contributed by atoms with van der Waals surface area (Å²) in [4.78, 5) is 39.7. The van der Waals surface area contributed by atoms with Gasteiger partial charge in [0.05, 0.1) is 21.2 Å². The van der Waals surface area contributed by atoms with Crippen molar-refractivity contribution in [2.75, 3.05) is 7.05 Å². The maximum Gasteiger partial charge on any atom is 0.340 e. The number of benzene rings is 1. The first-order valence-corrected chi connectivity index (χ1v) is 10.4. The van der Waals surface area contributed by atoms with E-state index in [-0.39, 0.29) is 27.0 Å². The van der Waals surface area contributed by atoms with Crippen molar-refractivity contribution in [1.82, 2.24) is 9.71 Å². The number of halogens is 1. The van der Waals surface area contributed by atoms with Crippen LogP contribution < -0.4 is 4.72 Å². The predicted molar refractivity (Wildman–Crippen MR) is 107 cm³/mol. The Bertz CT molecular complexity index is 1100. The lowest BCUT2D eigenvalue weighted by molar-refractivity contribution is 0.0317. The van der Waals surface area contributed by atoms with Gasteiger partial charge in [-0.1, -0.05) is 11.6 Å². The number of carbonyl (C=O) groups is 3. The van der Waals surface area contributed by atoms with E-state index in [0.29, 0.717) is 16.8 Å². The molecule has 0 aliphatic carbocycles. The Morgan fingerprint density at radius 1 is 1.21 bits per heavy atom. The molecule has 0 fully saturated rings. The van der Waals surface area contributed by atoms with Crippen LogP contribution in [-0.2, 0) is 14.8 Å². The number of carbonyl (C=O) groups excluding carboxylic acids is 3. The van der Waals surface area contributed by atoms with Gasteiger partial charge < -0.3 is 9.72 Å². The third kappa shape index (κ3) is 4.58. The van der Waals surface area contributed by atoms with Gasteiger partial charge in [0.2, 0.25) is 15.8 Å². The minimum absolute atomic E-state index is 0.0181. The Hall–Kier alpha value is -2.49. The standard InChI is InChI=1S/C19H21ClN2O6S/c1-9-16(11(3)23)10(2)22-17(9)18(24)12(4)28-19(25)14-8-13(6-7-15(14)20)29(26,27)21-5/h6-8,12,21-22H,1-5H3. The van der Waals surface area contributed by atoms with Crippen LogP contribution in [0.25, 0.3) is 0 Å². The van der Waals surface area contributed by atoms with E-state index in [2.05, 4.69) is 9.71 Å². The van der Waals surface area contributed by atoms with Crippen molar-refractivity contribution in [1.29, 1.82) is 0 Å². The minimum atomic E-state index is -3.79. The molecule has 29 heavy (non-hydrogen) atoms. The molecule has 2 N–H and O–H groups in total. The Morgan fingerprint density at radius 3 is 2.34 bits per heavy atom. The molecule has 0 aliphatic rings. The SMILES string of the molecule is CNS(=O)(=O)c1ccc(Cl)c(C(=O)OC(C)C(=O)c2[nH]c(C)c(C(C)=O)c2C)c1. The van der Waals surface area contributed by atoms with Crippen LogP contribution in [0.4, 0.5) is 0 Å². The predicted octanol–water partition coefficient (Wildman–Crippen LogP) is 2.82. The maximum atomic E-state index is 12.7.